The van der Waals surface area contributed by atoms with Crippen molar-refractivity contribution >= 4 is 95.6 Å². The van der Waals surface area contributed by atoms with Crippen LogP contribution < -0.4 is 8.85 Å². The summed E-state index contributed by atoms with van der Waals surface area (Å²) >= 11 is 2.11. The summed E-state index contributed by atoms with van der Waals surface area (Å²) in [6.07, 6.45) is -2.84. The Kier molecular flexibility index (Phi) is 24.6. The van der Waals surface area contributed by atoms with Crippen molar-refractivity contribution in [1.82, 2.24) is 8.85 Å². The number of rotatable bonds is 18. The quantitative estimate of drug-likeness (QED) is 0.0185. The molecule has 2 saturated heterocycles. The molecular formula is C59H84IN2O15PS2. The fourth-order valence-corrected chi connectivity index (χ4v) is 15.7. The van der Waals surface area contributed by atoms with Crippen LogP contribution in [0, 0.1) is 33.5 Å². The van der Waals surface area contributed by atoms with Crippen LogP contribution in [0.5, 0.6) is 0 Å². The predicted octanol–water partition coefficient (Wildman–Crippen LogP) is 11.1. The lowest BCUT2D eigenvalue weighted by molar-refractivity contribution is -0.329. The number of esters is 2. The van der Waals surface area contributed by atoms with E-state index in [0.29, 0.717) is 36.1 Å². The van der Waals surface area contributed by atoms with Crippen LogP contribution in [0.1, 0.15) is 124 Å². The van der Waals surface area contributed by atoms with E-state index in [1.165, 1.54) is 14.2 Å². The number of carbonyl (C=O) groups is 6. The van der Waals surface area contributed by atoms with Gasteiger partial charge in [-0.15, -0.1) is 6.58 Å². The second-order valence-corrected chi connectivity index (χ2v) is 26.5. The summed E-state index contributed by atoms with van der Waals surface area (Å²) in [6.45, 7) is 27.1. The molecule has 2 aromatic carbocycles. The van der Waals surface area contributed by atoms with Crippen molar-refractivity contribution in [2.45, 2.75) is 149 Å². The highest BCUT2D eigenvalue weighted by molar-refractivity contribution is 14.1. The van der Waals surface area contributed by atoms with E-state index in [9.17, 15) is 24.3 Å². The number of ketones is 1. The molecule has 12 atom stereocenters. The average molecular weight is 1280 g/mol. The Hall–Kier alpha value is -3.86. The molecule has 4 aliphatic carbocycles. The summed E-state index contributed by atoms with van der Waals surface area (Å²) in [4.78, 5) is 76.3. The number of hydrogen-bond acceptors (Lipinski definition) is 18. The van der Waals surface area contributed by atoms with Crippen LogP contribution in [0.3, 0.4) is 0 Å². The summed E-state index contributed by atoms with van der Waals surface area (Å²) < 4.78 is 50.6. The van der Waals surface area contributed by atoms with Gasteiger partial charge in [-0.2, -0.15) is 0 Å². The van der Waals surface area contributed by atoms with Gasteiger partial charge in [0, 0.05) is 85.2 Å². The SMILES string of the molecule is C=CC.C=O.CC[C@@H](C(=P)O[C@H]1C[C@@]2(O)[C@@H](OC(=O)c3ccccc3)[C@]3(C)[C@@]45C[C@@](C)(C(=O)O4)[C@@H]5C[C@H](OC)[C@@]3(C)C(=O)[C@H](OC)C(=C1C)C2(C)C)[C@@H](NC(=O)OC(C)(C)C)c1ccccc1.COC(=O)OCCSSCCNI. The molecule has 8 rings (SSSR count). The minimum Gasteiger partial charge on any atom is -0.457 e. The summed E-state index contributed by atoms with van der Waals surface area (Å²) in [5.41, 5.74) is -6.75. The first-order valence-electron chi connectivity index (χ1n) is 26.6. The molecule has 21 heteroatoms. The molecule has 0 aromatic heterocycles. The minimum absolute atomic E-state index is 0.109. The molecule has 0 unspecified atom stereocenters. The lowest BCUT2D eigenvalue weighted by Crippen LogP contribution is -2.83. The maximum absolute atomic E-state index is 15.9. The summed E-state index contributed by atoms with van der Waals surface area (Å²) in [6, 6.07) is 17.4. The van der Waals surface area contributed by atoms with Crippen LogP contribution >= 0.6 is 53.3 Å². The zero-order valence-electron chi connectivity index (χ0n) is 48.8. The van der Waals surface area contributed by atoms with Crippen LogP contribution in [0.4, 0.5) is 9.59 Å². The number of hydrogen-bond donors (Lipinski definition) is 3. The number of fused-ring (bicyclic) bond motifs is 4. The molecule has 2 aromatic rings. The van der Waals surface area contributed by atoms with Gasteiger partial charge in [0.05, 0.1) is 52.6 Å². The van der Waals surface area contributed by atoms with Gasteiger partial charge in [-0.25, -0.2) is 14.4 Å². The van der Waals surface area contributed by atoms with Gasteiger partial charge >= 0.3 is 24.2 Å². The molecule has 0 radical (unpaired) electrons. The predicted molar refractivity (Wildman–Crippen MR) is 323 cm³/mol. The number of allylic oxidation sites excluding steroid dienone is 1. The zero-order valence-corrected chi connectivity index (χ0v) is 53.6. The highest BCUT2D eigenvalue weighted by Crippen LogP contribution is 2.80. The lowest BCUT2D eigenvalue weighted by atomic mass is 9.32. The molecule has 80 heavy (non-hydrogen) atoms. The number of nitrogens with one attached hydrogen (secondary N) is 2. The Morgan fingerprint density at radius 2 is 1.54 bits per heavy atom. The first-order chi connectivity index (χ1) is 37.6. The van der Waals surface area contributed by atoms with E-state index in [1.54, 1.807) is 92.8 Å². The van der Waals surface area contributed by atoms with E-state index in [2.05, 4.69) is 56.6 Å². The van der Waals surface area contributed by atoms with Crippen LogP contribution in [0.2, 0.25) is 0 Å². The number of alkyl carbamates (subject to hydrolysis) is 1. The van der Waals surface area contributed by atoms with Gasteiger partial charge in [-0.05, 0) is 90.2 Å². The van der Waals surface area contributed by atoms with Gasteiger partial charge in [-0.3, -0.25) is 13.1 Å². The van der Waals surface area contributed by atoms with Crippen molar-refractivity contribution in [2.75, 3.05) is 46.0 Å². The molecule has 2 aliphatic heterocycles. The van der Waals surface area contributed by atoms with E-state index in [4.69, 9.17) is 33.2 Å². The second kappa shape index (κ2) is 28.6. The van der Waals surface area contributed by atoms with Gasteiger partial charge in [0.15, 0.2) is 5.78 Å². The van der Waals surface area contributed by atoms with Gasteiger partial charge in [0.2, 0.25) is 0 Å². The summed E-state index contributed by atoms with van der Waals surface area (Å²) in [7, 11) is 11.6. The van der Waals surface area contributed by atoms with Crippen molar-refractivity contribution in [1.29, 1.82) is 0 Å². The number of halogens is 1. The molecule has 444 valence electrons. The topological polar surface area (TPSA) is 221 Å². The number of aliphatic hydroxyl groups is 1. The molecule has 4 bridgehead atoms. The Bertz CT molecular complexity index is 2540. The summed E-state index contributed by atoms with van der Waals surface area (Å²) in [5.74, 6) is -0.473. The van der Waals surface area contributed by atoms with Gasteiger partial charge < -0.3 is 53.1 Å². The number of ether oxygens (including phenoxy) is 8. The number of Topliss-reactive ketones (excluding diaryl/α,β-unsaturated/α-hetero) is 1. The van der Waals surface area contributed by atoms with Crippen LogP contribution in [0.15, 0.2) is 84.5 Å². The smallest absolute Gasteiger partial charge is 0.457 e. The highest BCUT2D eigenvalue weighted by atomic mass is 127. The first kappa shape index (κ1) is 68.6. The Balaban J connectivity index is 0.000000663. The lowest BCUT2D eigenvalue weighted by Gasteiger charge is -2.73. The Labute approximate surface area is 497 Å². The number of carbonyl (C=O) groups excluding carboxylic acids is 6. The first-order valence-corrected chi connectivity index (χ1v) is 30.7. The zero-order chi connectivity index (χ0) is 60.2. The van der Waals surface area contributed by atoms with E-state index in [1.807, 2.05) is 85.6 Å². The van der Waals surface area contributed by atoms with Crippen molar-refractivity contribution < 1.29 is 71.8 Å². The molecule has 1 spiro atoms. The third-order valence-electron chi connectivity index (χ3n) is 16.8. The van der Waals surface area contributed by atoms with Gasteiger partial charge in [-0.1, -0.05) is 113 Å². The van der Waals surface area contributed by atoms with Crippen molar-refractivity contribution in [3.63, 3.8) is 0 Å². The third-order valence-corrected chi connectivity index (χ3v) is 20.2. The Morgan fingerprint density at radius 1 is 0.950 bits per heavy atom. The maximum atomic E-state index is 15.9. The number of amides is 1. The molecule has 1 amide bonds. The largest absolute Gasteiger partial charge is 0.508 e. The van der Waals surface area contributed by atoms with E-state index < -0.39 is 105 Å². The standard InChI is InChI=1S/C49H64NO11P.C6H12INO3S2.C3H6.CH2O/c1-13-30(35(28-20-16-14-17-21-28)50-42(54)61-43(3,4)5)39(62)58-31-25-48(55)40(59-38(52)29-22-18-15-19-23-29)47(10)46(9,37(51)36(57-12)34(27(31)2)44(48,6)7)33(56-11)24-32-45(8)26-49(32,47)60-41(45)53;1-10-6(9)11-3-5-13-12-4-2-8-7;1-3-2;1-2/h14-23,30-33,35-36,40,55,62H,13,24-26H2,1-12H3,(H,50,54);8H,2-5H2,1H3;3H,1H2,2H3;1H2/t30-,31+,32+,33+,35+,36-,40+,45-,46+,47+,48-,49+;;;/m1.../s1. The van der Waals surface area contributed by atoms with Crippen LogP contribution in [-0.2, 0) is 52.3 Å². The molecule has 17 nitrogen and oxygen atoms in total. The number of benzene rings is 2. The monoisotopic (exact) mass is 1280 g/mol. The van der Waals surface area contributed by atoms with Gasteiger partial charge in [0.1, 0.15) is 42.4 Å². The molecule has 6 aliphatic rings. The van der Waals surface area contributed by atoms with Crippen molar-refractivity contribution in [3.05, 3.63) is 95.6 Å². The van der Waals surface area contributed by atoms with E-state index in [-0.39, 0.29) is 24.2 Å². The van der Waals surface area contributed by atoms with E-state index >= 15 is 4.79 Å². The molecule has 3 saturated carbocycles. The van der Waals surface area contributed by atoms with Crippen LogP contribution in [0.25, 0.3) is 0 Å². The highest BCUT2D eigenvalue weighted by Gasteiger charge is 2.90. The van der Waals surface area contributed by atoms with Crippen molar-refractivity contribution in [2.24, 2.45) is 33.5 Å². The third kappa shape index (κ3) is 13.2. The Morgan fingerprint density at radius 3 is 2.06 bits per heavy atom. The maximum Gasteiger partial charge on any atom is 0.508 e. The fraction of sp³-hybridized carbons (Fsp3) is 0.610. The second-order valence-electron chi connectivity index (χ2n) is 22.5. The molecule has 5 fully saturated rings. The minimum atomic E-state index is -2.00. The van der Waals surface area contributed by atoms with E-state index in [0.717, 1.165) is 23.6 Å². The normalized spacial score (nSPS) is 30.2. The van der Waals surface area contributed by atoms with Gasteiger partial charge in [0.25, 0.3) is 0 Å². The van der Waals surface area contributed by atoms with Crippen molar-refractivity contribution in [3.8, 4) is 0 Å². The van der Waals surface area contributed by atoms with Crippen LogP contribution in [-0.4, -0.2) is 135 Å². The molecule has 2 heterocycles. The fourth-order valence-electron chi connectivity index (χ4n) is 12.8. The average Bonchev–Trinajstić information content (AvgIpc) is 3.67. The molecular weight excluding hydrogens is 1200 g/mol. The summed E-state index contributed by atoms with van der Waals surface area (Å²) in [5, 5.41) is 17.2. The molecule has 3 N–H and O–H groups in total. The number of methoxy groups -OCH3 is 3.